The van der Waals surface area contributed by atoms with Crippen molar-refractivity contribution < 1.29 is 14.3 Å². The summed E-state index contributed by atoms with van der Waals surface area (Å²) in [4.78, 5) is 21.1. The molecule has 0 N–H and O–H groups in total. The van der Waals surface area contributed by atoms with Crippen LogP contribution in [0.5, 0.6) is 11.5 Å². The van der Waals surface area contributed by atoms with Crippen molar-refractivity contribution in [3.8, 4) is 11.5 Å². The number of halogens is 2. The molecule has 3 rings (SSSR count). The average molecular weight is 401 g/mol. The lowest BCUT2D eigenvalue weighted by Crippen LogP contribution is -2.07. The van der Waals surface area contributed by atoms with Gasteiger partial charge in [-0.15, -0.1) is 0 Å². The largest absolute Gasteiger partial charge is 0.457 e. The van der Waals surface area contributed by atoms with Crippen molar-refractivity contribution in [2.75, 3.05) is 0 Å². The van der Waals surface area contributed by atoms with Crippen molar-refractivity contribution >= 4 is 34.8 Å². The van der Waals surface area contributed by atoms with Crippen LogP contribution in [0.3, 0.4) is 0 Å². The van der Waals surface area contributed by atoms with Crippen molar-refractivity contribution in [1.82, 2.24) is 0 Å². The number of para-hydroxylation sites is 1. The molecule has 0 radical (unpaired) electrons. The molecule has 3 aromatic rings. The molecule has 138 valence electrons. The highest BCUT2D eigenvalue weighted by Gasteiger charge is 2.13. The quantitative estimate of drug-likeness (QED) is 0.369. The molecule has 0 aliphatic rings. The number of ether oxygens (including phenoxy) is 1. The fraction of sp³-hybridized carbons (Fsp3) is 0.0909. The number of ketones is 2. The van der Waals surface area contributed by atoms with Gasteiger partial charge in [-0.1, -0.05) is 71.7 Å². The molecule has 0 saturated carbocycles. The maximum Gasteiger partial charge on any atom is 0.195 e. The van der Waals surface area contributed by atoms with Gasteiger partial charge in [-0.3, -0.25) is 9.59 Å². The van der Waals surface area contributed by atoms with E-state index in [2.05, 4.69) is 0 Å². The van der Waals surface area contributed by atoms with E-state index in [0.29, 0.717) is 11.3 Å². The van der Waals surface area contributed by atoms with Gasteiger partial charge in [0.15, 0.2) is 16.4 Å². The molecular weight excluding hydrogens is 383 g/mol. The lowest BCUT2D eigenvalue weighted by molar-refractivity contribution is 0.100. The van der Waals surface area contributed by atoms with Gasteiger partial charge in [0.25, 0.3) is 0 Å². The molecule has 0 heterocycles. The van der Waals surface area contributed by atoms with E-state index in [0.717, 1.165) is 11.3 Å². The first-order valence-electron chi connectivity index (χ1n) is 8.18. The smallest absolute Gasteiger partial charge is 0.195 e. The second-order valence-electron chi connectivity index (χ2n) is 5.53. The number of hydrogen-bond acceptors (Lipinski definition) is 3. The molecule has 0 bridgehead atoms. The zero-order valence-electron chi connectivity index (χ0n) is 14.6. The number of hydrogen-bond donors (Lipinski definition) is 0. The first-order chi connectivity index (χ1) is 13.0. The second-order valence-corrected chi connectivity index (χ2v) is 6.62. The van der Waals surface area contributed by atoms with Crippen LogP contribution in [0.2, 0.25) is 0 Å². The Bertz CT molecular complexity index is 861. The van der Waals surface area contributed by atoms with E-state index in [-0.39, 0.29) is 11.6 Å². The number of carbonyl (C=O) groups excluding carboxylic acids is 2. The molecule has 0 unspecified atom stereocenters. The molecule has 0 aromatic heterocycles. The molecule has 3 aromatic carbocycles. The first kappa shape index (κ1) is 20.7. The molecule has 0 fully saturated rings. The van der Waals surface area contributed by atoms with Gasteiger partial charge in [-0.05, 0) is 43.3 Å². The van der Waals surface area contributed by atoms with Crippen LogP contribution in [0.4, 0.5) is 0 Å². The van der Waals surface area contributed by atoms with Crippen LogP contribution in [-0.4, -0.2) is 16.4 Å². The van der Waals surface area contributed by atoms with E-state index < -0.39 is 4.84 Å². The van der Waals surface area contributed by atoms with Crippen molar-refractivity contribution in [2.24, 2.45) is 0 Å². The van der Waals surface area contributed by atoms with Crippen LogP contribution in [0.1, 0.15) is 27.6 Å². The lowest BCUT2D eigenvalue weighted by Gasteiger charge is -2.06. The topological polar surface area (TPSA) is 43.4 Å². The zero-order valence-corrected chi connectivity index (χ0v) is 16.2. The van der Waals surface area contributed by atoms with Crippen LogP contribution in [0, 0.1) is 0 Å². The van der Waals surface area contributed by atoms with E-state index in [1.54, 1.807) is 31.2 Å². The summed E-state index contributed by atoms with van der Waals surface area (Å²) in [7, 11) is 0. The summed E-state index contributed by atoms with van der Waals surface area (Å²) in [6.07, 6.45) is 0. The summed E-state index contributed by atoms with van der Waals surface area (Å²) in [5, 5.41) is 0. The van der Waals surface area contributed by atoms with Crippen LogP contribution in [-0.2, 0) is 0 Å². The average Bonchev–Trinajstić information content (AvgIpc) is 2.70. The van der Waals surface area contributed by atoms with E-state index >= 15 is 0 Å². The van der Waals surface area contributed by atoms with Crippen molar-refractivity contribution in [1.29, 1.82) is 0 Å². The van der Waals surface area contributed by atoms with Gasteiger partial charge in [0.05, 0.1) is 0 Å². The Morgan fingerprint density at radius 1 is 0.704 bits per heavy atom. The van der Waals surface area contributed by atoms with Gasteiger partial charge in [0.1, 0.15) is 11.5 Å². The summed E-state index contributed by atoms with van der Waals surface area (Å²) >= 11 is 11.0. The van der Waals surface area contributed by atoms with E-state index in [1.165, 1.54) is 0 Å². The highest BCUT2D eigenvalue weighted by molar-refractivity contribution is 6.55. The predicted octanol–water partition coefficient (Wildman–Crippen LogP) is 6.35. The Hall–Kier alpha value is -2.62. The number of rotatable bonds is 5. The number of benzene rings is 3. The molecule has 0 saturated heterocycles. The summed E-state index contributed by atoms with van der Waals surface area (Å²) in [6, 6.07) is 25.3. The van der Waals surface area contributed by atoms with Gasteiger partial charge in [0, 0.05) is 11.1 Å². The van der Waals surface area contributed by atoms with Crippen LogP contribution >= 0.6 is 23.2 Å². The second kappa shape index (κ2) is 10.5. The minimum Gasteiger partial charge on any atom is -0.457 e. The zero-order chi connectivity index (χ0) is 19.6. The Morgan fingerprint density at radius 2 is 1.19 bits per heavy atom. The van der Waals surface area contributed by atoms with Crippen LogP contribution in [0.15, 0.2) is 84.9 Å². The number of alkyl halides is 2. The Balaban J connectivity index is 0.000000244. The summed E-state index contributed by atoms with van der Waals surface area (Å²) < 4.78 is 5.60. The first-order valence-corrected chi connectivity index (χ1v) is 9.06. The monoisotopic (exact) mass is 400 g/mol. The maximum absolute atomic E-state index is 11.5. The Labute approximate surface area is 168 Å². The van der Waals surface area contributed by atoms with Gasteiger partial charge in [-0.25, -0.2) is 0 Å². The fourth-order valence-electron chi connectivity index (χ4n) is 2.11. The molecule has 0 aliphatic heterocycles. The molecule has 5 heteroatoms. The molecule has 0 spiro atoms. The number of carbonyl (C=O) groups is 2. The normalized spacial score (nSPS) is 9.93. The Kier molecular flexibility index (Phi) is 8.05. The van der Waals surface area contributed by atoms with E-state index in [1.807, 2.05) is 60.7 Å². The van der Waals surface area contributed by atoms with Gasteiger partial charge < -0.3 is 4.74 Å². The van der Waals surface area contributed by atoms with Crippen LogP contribution < -0.4 is 4.74 Å². The summed E-state index contributed by atoms with van der Waals surface area (Å²) in [5.41, 5.74) is 1.24. The molecule has 0 atom stereocenters. The number of Topliss-reactive ketones (excluding diaryl/α,β-unsaturated/α-hetero) is 2. The minimum atomic E-state index is -1.04. The highest BCUT2D eigenvalue weighted by atomic mass is 35.5. The third-order valence-electron chi connectivity index (χ3n) is 3.50. The third kappa shape index (κ3) is 6.89. The highest BCUT2D eigenvalue weighted by Crippen LogP contribution is 2.22. The van der Waals surface area contributed by atoms with E-state index in [9.17, 15) is 9.59 Å². The van der Waals surface area contributed by atoms with Gasteiger partial charge in [-0.2, -0.15) is 0 Å². The molecular formula is C22H18Cl2O3. The third-order valence-corrected chi connectivity index (χ3v) is 3.89. The molecule has 3 nitrogen and oxygen atoms in total. The molecule has 0 aliphatic carbocycles. The molecule has 0 amide bonds. The molecule has 27 heavy (non-hydrogen) atoms. The van der Waals surface area contributed by atoms with Gasteiger partial charge >= 0.3 is 0 Å². The van der Waals surface area contributed by atoms with Crippen molar-refractivity contribution in [2.45, 2.75) is 11.8 Å². The fourth-order valence-corrected chi connectivity index (χ4v) is 2.36. The maximum atomic E-state index is 11.5. The Morgan fingerprint density at radius 3 is 1.63 bits per heavy atom. The predicted molar refractivity (Wildman–Crippen MR) is 109 cm³/mol. The van der Waals surface area contributed by atoms with Crippen molar-refractivity contribution in [3.05, 3.63) is 96.1 Å². The minimum absolute atomic E-state index is 0.121. The SMILES string of the molecule is CC(=O)c1ccccc1.O=C(c1ccc(Oc2ccccc2)cc1)C(Cl)Cl. The van der Waals surface area contributed by atoms with Gasteiger partial charge in [0.2, 0.25) is 0 Å². The van der Waals surface area contributed by atoms with Crippen molar-refractivity contribution in [3.63, 3.8) is 0 Å². The summed E-state index contributed by atoms with van der Waals surface area (Å²) in [6.45, 7) is 1.56. The lowest BCUT2D eigenvalue weighted by atomic mass is 10.1. The van der Waals surface area contributed by atoms with Crippen LogP contribution in [0.25, 0.3) is 0 Å². The van der Waals surface area contributed by atoms with E-state index in [4.69, 9.17) is 27.9 Å². The standard InChI is InChI=1S/C14H10Cl2O2.C8H8O/c15-14(16)13(17)10-6-8-12(9-7-10)18-11-4-2-1-3-5-11;1-7(9)8-5-3-2-4-6-8/h1-9,14H;2-6H,1H3. The summed E-state index contributed by atoms with van der Waals surface area (Å²) in [5.74, 6) is 1.20.